The summed E-state index contributed by atoms with van der Waals surface area (Å²) in [5, 5.41) is 0.0644. The summed E-state index contributed by atoms with van der Waals surface area (Å²) in [4.78, 5) is 10.5. The van der Waals surface area contributed by atoms with Gasteiger partial charge in [0.15, 0.2) is 5.78 Å². The van der Waals surface area contributed by atoms with Gasteiger partial charge in [-0.1, -0.05) is 34.1 Å². The highest BCUT2D eigenvalue weighted by atomic mass is 79.9. The van der Waals surface area contributed by atoms with Gasteiger partial charge in [0, 0.05) is 5.88 Å². The summed E-state index contributed by atoms with van der Waals surface area (Å²) in [7, 11) is 0. The zero-order chi connectivity index (χ0) is 12.2. The summed E-state index contributed by atoms with van der Waals surface area (Å²) >= 11 is 20.9. The number of carbonyl (C=O) groups excluding carboxylic acids is 1. The van der Waals surface area contributed by atoms with Gasteiger partial charge in [-0.05, 0) is 25.5 Å². The van der Waals surface area contributed by atoms with E-state index in [4.69, 9.17) is 34.8 Å². The van der Waals surface area contributed by atoms with Crippen molar-refractivity contribution in [1.82, 2.24) is 0 Å². The molecule has 2 atom stereocenters. The summed E-state index contributed by atoms with van der Waals surface area (Å²) in [5.74, 6) is 0.0138. The fraction of sp³-hybridized carbons (Fsp3) is 0.500. The lowest BCUT2D eigenvalue weighted by molar-refractivity contribution is -0.111. The highest BCUT2D eigenvalue weighted by Gasteiger charge is 2.28. The molecule has 0 spiro atoms. The molecule has 0 amide bonds. The molecule has 0 saturated heterocycles. The molecule has 0 fully saturated rings. The van der Waals surface area contributed by atoms with E-state index in [2.05, 4.69) is 22.5 Å². The summed E-state index contributed by atoms with van der Waals surface area (Å²) in [6.45, 7) is 6.84. The van der Waals surface area contributed by atoms with Crippen LogP contribution in [0, 0.1) is 0 Å². The predicted octanol–water partition coefficient (Wildman–Crippen LogP) is 4.25. The van der Waals surface area contributed by atoms with Crippen molar-refractivity contribution in [3.05, 3.63) is 23.3 Å². The molecule has 0 N–H and O–H groups in total. The van der Waals surface area contributed by atoms with E-state index in [0.717, 1.165) is 0 Å². The number of hydrogen-bond acceptors (Lipinski definition) is 1. The van der Waals surface area contributed by atoms with Crippen LogP contribution < -0.4 is 0 Å². The first-order valence-electron chi connectivity index (χ1n) is 4.20. The second-order valence-electron chi connectivity index (χ2n) is 3.37. The molecule has 0 radical (unpaired) electrons. The Morgan fingerprint density at radius 1 is 1.67 bits per heavy atom. The molecular weight excluding hydrogens is 322 g/mol. The third-order valence-electron chi connectivity index (χ3n) is 1.76. The molecular formula is C10H12BrCl3O. The molecule has 0 aliphatic carbocycles. The van der Waals surface area contributed by atoms with E-state index < -0.39 is 4.87 Å². The van der Waals surface area contributed by atoms with E-state index in [0.29, 0.717) is 11.5 Å². The highest BCUT2D eigenvalue weighted by molar-refractivity contribution is 9.09. The van der Waals surface area contributed by atoms with E-state index in [9.17, 15) is 4.79 Å². The maximum atomic E-state index is 11.4. The highest BCUT2D eigenvalue weighted by Crippen LogP contribution is 2.30. The second kappa shape index (κ2) is 6.29. The Kier molecular flexibility index (Phi) is 6.50. The molecule has 0 aliphatic rings. The monoisotopic (exact) mass is 332 g/mol. The molecule has 1 nitrogen and oxygen atoms in total. The molecule has 86 valence electrons. The van der Waals surface area contributed by atoms with Gasteiger partial charge in [0.1, 0.15) is 0 Å². The van der Waals surface area contributed by atoms with Gasteiger partial charge in [0.05, 0.1) is 14.7 Å². The second-order valence-corrected chi connectivity index (χ2v) is 6.01. The number of hydrogen-bond donors (Lipinski definition) is 0. The van der Waals surface area contributed by atoms with Crippen LogP contribution in [0.25, 0.3) is 0 Å². The molecule has 0 aromatic heterocycles. The fourth-order valence-corrected chi connectivity index (χ4v) is 1.92. The molecule has 0 bridgehead atoms. The van der Waals surface area contributed by atoms with Gasteiger partial charge in [-0.2, -0.15) is 0 Å². The van der Waals surface area contributed by atoms with Crippen LogP contribution in [0.1, 0.15) is 13.8 Å². The zero-order valence-electron chi connectivity index (χ0n) is 8.49. The Morgan fingerprint density at radius 3 is 2.47 bits per heavy atom. The van der Waals surface area contributed by atoms with E-state index in [-0.39, 0.29) is 15.6 Å². The van der Waals surface area contributed by atoms with E-state index in [1.54, 1.807) is 13.8 Å². The van der Waals surface area contributed by atoms with Crippen molar-refractivity contribution in [3.8, 4) is 0 Å². The number of allylic oxidation sites excluding steroid dienone is 3. The molecule has 15 heavy (non-hydrogen) atoms. The molecule has 0 saturated carbocycles. The zero-order valence-corrected chi connectivity index (χ0v) is 12.3. The van der Waals surface area contributed by atoms with Crippen LogP contribution in [-0.4, -0.2) is 21.4 Å². The number of rotatable bonds is 5. The minimum absolute atomic E-state index is 0.0644. The third kappa shape index (κ3) is 4.90. The SMILES string of the molecule is C=C(C)C(=O)/C(Cl)=C/[C@@](C)(Cl)[C@H](Br)CCl. The summed E-state index contributed by atoms with van der Waals surface area (Å²) in [5.41, 5.74) is 0.376. The van der Waals surface area contributed by atoms with Crippen LogP contribution in [-0.2, 0) is 4.79 Å². The van der Waals surface area contributed by atoms with E-state index in [1.165, 1.54) is 6.08 Å². The molecule has 0 aromatic carbocycles. The van der Waals surface area contributed by atoms with Crippen molar-refractivity contribution >= 4 is 56.5 Å². The fourth-order valence-electron chi connectivity index (χ4n) is 0.758. The molecule has 0 heterocycles. The van der Waals surface area contributed by atoms with Crippen LogP contribution in [0.4, 0.5) is 0 Å². The number of Topliss-reactive ketones (excluding diaryl/α,β-unsaturated/α-hetero) is 1. The lowest BCUT2D eigenvalue weighted by Crippen LogP contribution is -2.28. The van der Waals surface area contributed by atoms with Crippen molar-refractivity contribution in [3.63, 3.8) is 0 Å². The van der Waals surface area contributed by atoms with Crippen LogP contribution in [0.15, 0.2) is 23.3 Å². The normalized spacial score (nSPS) is 18.1. The van der Waals surface area contributed by atoms with Crippen LogP contribution in [0.3, 0.4) is 0 Å². The minimum atomic E-state index is -0.802. The summed E-state index contributed by atoms with van der Waals surface area (Å²) in [6, 6.07) is 0. The number of carbonyl (C=O) groups is 1. The van der Waals surface area contributed by atoms with Crippen LogP contribution in [0.5, 0.6) is 0 Å². The van der Waals surface area contributed by atoms with Crippen molar-refractivity contribution in [2.45, 2.75) is 23.5 Å². The Bertz CT molecular complexity index is 297. The Labute approximate surface area is 114 Å². The quantitative estimate of drug-likeness (QED) is 0.542. The lowest BCUT2D eigenvalue weighted by Gasteiger charge is -2.22. The van der Waals surface area contributed by atoms with Crippen LogP contribution in [0.2, 0.25) is 0 Å². The first kappa shape index (κ1) is 15.5. The number of alkyl halides is 3. The van der Waals surface area contributed by atoms with Crippen molar-refractivity contribution in [2.75, 3.05) is 5.88 Å². The predicted molar refractivity (Wildman–Crippen MR) is 71.5 cm³/mol. The van der Waals surface area contributed by atoms with Gasteiger partial charge in [0.2, 0.25) is 0 Å². The average Bonchev–Trinajstić information content (AvgIpc) is 2.14. The van der Waals surface area contributed by atoms with Crippen LogP contribution >= 0.6 is 50.7 Å². The summed E-state index contributed by atoms with van der Waals surface area (Å²) < 4.78 is 0. The van der Waals surface area contributed by atoms with Crippen molar-refractivity contribution in [2.24, 2.45) is 0 Å². The van der Waals surface area contributed by atoms with Gasteiger partial charge >= 0.3 is 0 Å². The first-order valence-corrected chi connectivity index (χ1v) is 6.40. The lowest BCUT2D eigenvalue weighted by atomic mass is 10.1. The maximum Gasteiger partial charge on any atom is 0.199 e. The number of ketones is 1. The maximum absolute atomic E-state index is 11.4. The van der Waals surface area contributed by atoms with E-state index in [1.807, 2.05) is 0 Å². The van der Waals surface area contributed by atoms with Crippen molar-refractivity contribution < 1.29 is 4.79 Å². The Hall–Kier alpha value is 0.500. The topological polar surface area (TPSA) is 17.1 Å². The first-order chi connectivity index (χ1) is 6.72. The van der Waals surface area contributed by atoms with Gasteiger partial charge in [-0.15, -0.1) is 23.2 Å². The average molecular weight is 334 g/mol. The van der Waals surface area contributed by atoms with E-state index >= 15 is 0 Å². The van der Waals surface area contributed by atoms with Gasteiger partial charge in [0.25, 0.3) is 0 Å². The smallest absolute Gasteiger partial charge is 0.199 e. The summed E-state index contributed by atoms with van der Waals surface area (Å²) in [6.07, 6.45) is 1.48. The largest absolute Gasteiger partial charge is 0.288 e. The molecule has 0 aromatic rings. The molecule has 5 heteroatoms. The van der Waals surface area contributed by atoms with Gasteiger partial charge < -0.3 is 0 Å². The molecule has 0 rings (SSSR count). The van der Waals surface area contributed by atoms with Crippen molar-refractivity contribution in [1.29, 1.82) is 0 Å². The van der Waals surface area contributed by atoms with Gasteiger partial charge in [-0.25, -0.2) is 0 Å². The van der Waals surface area contributed by atoms with Gasteiger partial charge in [-0.3, -0.25) is 4.79 Å². The third-order valence-corrected chi connectivity index (χ3v) is 4.63. The molecule has 0 aliphatic heterocycles. The minimum Gasteiger partial charge on any atom is -0.288 e. The molecule has 0 unspecified atom stereocenters. The standard InChI is InChI=1S/C10H12BrCl3O/c1-6(2)9(15)7(13)4-10(3,14)8(11)5-12/h4,8H,1,5H2,2-3H3/b7-4-/t8-,10-/m1/s1. The Morgan fingerprint density at radius 2 is 2.13 bits per heavy atom. The Balaban J connectivity index is 4.88. The number of halogens is 4.